The third kappa shape index (κ3) is 2.13. The summed E-state index contributed by atoms with van der Waals surface area (Å²) in [5, 5.41) is 0. The molecule has 0 fully saturated rings. The van der Waals surface area contributed by atoms with E-state index in [1.807, 2.05) is 6.07 Å². The molecule has 5 heteroatoms. The van der Waals surface area contributed by atoms with E-state index in [2.05, 4.69) is 9.97 Å². The quantitative estimate of drug-likeness (QED) is 0.870. The van der Waals surface area contributed by atoms with Gasteiger partial charge in [0, 0.05) is 6.07 Å². The fraction of sp³-hybridized carbons (Fsp3) is 0.167. The van der Waals surface area contributed by atoms with Crippen molar-refractivity contribution in [3.63, 3.8) is 0 Å². The van der Waals surface area contributed by atoms with E-state index in [1.165, 1.54) is 12.4 Å². The summed E-state index contributed by atoms with van der Waals surface area (Å²) in [4.78, 5) is 17.9. The standard InChI is InChI=1S/C12H12N2O3/c1-16-9-4-3-5-10(17-2)12(9)8-6-11(15)14-7-13-8/h3-7H,1-2H3,(H,13,14,15). The minimum absolute atomic E-state index is 0.219. The highest BCUT2D eigenvalue weighted by molar-refractivity contribution is 5.73. The molecule has 1 heterocycles. The Morgan fingerprint density at radius 1 is 1.18 bits per heavy atom. The first-order chi connectivity index (χ1) is 8.26. The third-order valence-electron chi connectivity index (χ3n) is 2.36. The van der Waals surface area contributed by atoms with Gasteiger partial charge >= 0.3 is 0 Å². The van der Waals surface area contributed by atoms with Crippen LogP contribution in [0.15, 0.2) is 35.4 Å². The molecule has 2 aromatic rings. The van der Waals surface area contributed by atoms with E-state index in [0.29, 0.717) is 22.8 Å². The van der Waals surface area contributed by atoms with Crippen molar-refractivity contribution in [2.24, 2.45) is 0 Å². The molecule has 0 saturated carbocycles. The Morgan fingerprint density at radius 2 is 1.82 bits per heavy atom. The molecule has 0 radical (unpaired) electrons. The van der Waals surface area contributed by atoms with Gasteiger partial charge in [-0.1, -0.05) is 6.07 Å². The summed E-state index contributed by atoms with van der Waals surface area (Å²) in [6.07, 6.45) is 1.35. The van der Waals surface area contributed by atoms with Crippen molar-refractivity contribution >= 4 is 0 Å². The molecule has 0 unspecified atom stereocenters. The van der Waals surface area contributed by atoms with Gasteiger partial charge in [-0.3, -0.25) is 4.79 Å². The summed E-state index contributed by atoms with van der Waals surface area (Å²) in [6.45, 7) is 0. The van der Waals surface area contributed by atoms with Crippen LogP contribution in [-0.4, -0.2) is 24.2 Å². The molecule has 5 nitrogen and oxygen atoms in total. The first-order valence-corrected chi connectivity index (χ1v) is 5.02. The van der Waals surface area contributed by atoms with E-state index in [4.69, 9.17) is 9.47 Å². The number of hydrogen-bond donors (Lipinski definition) is 1. The molecule has 0 aliphatic rings. The molecule has 0 bridgehead atoms. The molecule has 0 atom stereocenters. The van der Waals surface area contributed by atoms with Crippen LogP contribution >= 0.6 is 0 Å². The lowest BCUT2D eigenvalue weighted by molar-refractivity contribution is 0.397. The number of nitrogens with one attached hydrogen (secondary N) is 1. The Morgan fingerprint density at radius 3 is 2.35 bits per heavy atom. The zero-order valence-corrected chi connectivity index (χ0v) is 9.56. The van der Waals surface area contributed by atoms with Crippen LogP contribution in [0.25, 0.3) is 11.3 Å². The lowest BCUT2D eigenvalue weighted by Crippen LogP contribution is -2.05. The number of aromatic amines is 1. The van der Waals surface area contributed by atoms with E-state index in [1.54, 1.807) is 26.4 Å². The zero-order chi connectivity index (χ0) is 12.3. The second kappa shape index (κ2) is 4.69. The molecule has 1 aromatic carbocycles. The molecule has 0 aliphatic heterocycles. The topological polar surface area (TPSA) is 64.2 Å². The average Bonchev–Trinajstić information content (AvgIpc) is 2.37. The largest absolute Gasteiger partial charge is 0.496 e. The van der Waals surface area contributed by atoms with E-state index in [-0.39, 0.29) is 5.56 Å². The number of hydrogen-bond acceptors (Lipinski definition) is 4. The maximum absolute atomic E-state index is 11.3. The van der Waals surface area contributed by atoms with Crippen molar-refractivity contribution in [3.05, 3.63) is 40.9 Å². The van der Waals surface area contributed by atoms with Crippen molar-refractivity contribution in [3.8, 4) is 22.8 Å². The molecule has 0 saturated heterocycles. The first kappa shape index (κ1) is 11.2. The maximum atomic E-state index is 11.3. The minimum atomic E-state index is -0.219. The minimum Gasteiger partial charge on any atom is -0.496 e. The SMILES string of the molecule is COc1cccc(OC)c1-c1cc(=O)[nH]cn1. The molecule has 0 spiro atoms. The molecule has 88 valence electrons. The molecule has 1 aromatic heterocycles. The molecular weight excluding hydrogens is 220 g/mol. The van der Waals surface area contributed by atoms with Gasteiger partial charge in [-0.25, -0.2) is 4.98 Å². The summed E-state index contributed by atoms with van der Waals surface area (Å²) in [5.41, 5.74) is 0.967. The highest BCUT2D eigenvalue weighted by Crippen LogP contribution is 2.36. The molecule has 1 N–H and O–H groups in total. The van der Waals surface area contributed by atoms with Crippen LogP contribution in [-0.2, 0) is 0 Å². The van der Waals surface area contributed by atoms with Crippen molar-refractivity contribution in [2.75, 3.05) is 14.2 Å². The molecule has 0 aliphatic carbocycles. The van der Waals surface area contributed by atoms with E-state index >= 15 is 0 Å². The van der Waals surface area contributed by atoms with Crippen LogP contribution in [0, 0.1) is 0 Å². The monoisotopic (exact) mass is 232 g/mol. The second-order valence-electron chi connectivity index (χ2n) is 3.33. The van der Waals surface area contributed by atoms with Gasteiger partial charge in [0.05, 0.1) is 31.8 Å². The van der Waals surface area contributed by atoms with Crippen molar-refractivity contribution in [1.29, 1.82) is 0 Å². The number of rotatable bonds is 3. The fourth-order valence-electron chi connectivity index (χ4n) is 1.61. The lowest BCUT2D eigenvalue weighted by atomic mass is 10.1. The van der Waals surface area contributed by atoms with Crippen molar-refractivity contribution in [2.45, 2.75) is 0 Å². The summed E-state index contributed by atoms with van der Waals surface area (Å²) >= 11 is 0. The number of aromatic nitrogens is 2. The molecule has 17 heavy (non-hydrogen) atoms. The highest BCUT2D eigenvalue weighted by atomic mass is 16.5. The van der Waals surface area contributed by atoms with Gasteiger partial charge in [0.2, 0.25) is 0 Å². The highest BCUT2D eigenvalue weighted by Gasteiger charge is 2.13. The molecule has 2 rings (SSSR count). The Hall–Kier alpha value is -2.30. The normalized spacial score (nSPS) is 10.0. The third-order valence-corrected chi connectivity index (χ3v) is 2.36. The predicted octanol–water partition coefficient (Wildman–Crippen LogP) is 1.45. The molecular formula is C12H12N2O3. The number of ether oxygens (including phenoxy) is 2. The Labute approximate surface area is 98.0 Å². The second-order valence-corrected chi connectivity index (χ2v) is 3.33. The van der Waals surface area contributed by atoms with Crippen LogP contribution in [0.3, 0.4) is 0 Å². The Bertz CT molecular complexity index is 556. The van der Waals surface area contributed by atoms with Gasteiger partial charge in [0.25, 0.3) is 5.56 Å². The number of nitrogens with zero attached hydrogens (tertiary/aromatic N) is 1. The summed E-state index contributed by atoms with van der Waals surface area (Å²) in [5.74, 6) is 1.23. The smallest absolute Gasteiger partial charge is 0.251 e. The van der Waals surface area contributed by atoms with Crippen LogP contribution in [0.1, 0.15) is 0 Å². The van der Waals surface area contributed by atoms with Gasteiger partial charge in [0.1, 0.15) is 11.5 Å². The van der Waals surface area contributed by atoms with Gasteiger partial charge in [-0.15, -0.1) is 0 Å². The van der Waals surface area contributed by atoms with Gasteiger partial charge in [-0.2, -0.15) is 0 Å². The van der Waals surface area contributed by atoms with Gasteiger partial charge in [-0.05, 0) is 12.1 Å². The Kier molecular flexibility index (Phi) is 3.09. The summed E-state index contributed by atoms with van der Waals surface area (Å²) in [7, 11) is 3.12. The molecule has 0 amide bonds. The predicted molar refractivity (Wildman–Crippen MR) is 63.4 cm³/mol. The van der Waals surface area contributed by atoms with Crippen molar-refractivity contribution in [1.82, 2.24) is 9.97 Å². The van der Waals surface area contributed by atoms with Gasteiger partial charge in [0.15, 0.2) is 0 Å². The number of benzene rings is 1. The first-order valence-electron chi connectivity index (χ1n) is 5.02. The van der Waals surface area contributed by atoms with Gasteiger partial charge < -0.3 is 14.5 Å². The number of H-pyrrole nitrogens is 1. The summed E-state index contributed by atoms with van der Waals surface area (Å²) in [6, 6.07) is 6.80. The lowest BCUT2D eigenvalue weighted by Gasteiger charge is -2.11. The maximum Gasteiger partial charge on any atom is 0.251 e. The van der Waals surface area contributed by atoms with Crippen LogP contribution in [0.5, 0.6) is 11.5 Å². The van der Waals surface area contributed by atoms with Crippen LogP contribution in [0.2, 0.25) is 0 Å². The van der Waals surface area contributed by atoms with E-state index in [0.717, 1.165) is 0 Å². The number of methoxy groups -OCH3 is 2. The average molecular weight is 232 g/mol. The summed E-state index contributed by atoms with van der Waals surface area (Å²) < 4.78 is 10.5. The van der Waals surface area contributed by atoms with Crippen LogP contribution < -0.4 is 15.0 Å². The van der Waals surface area contributed by atoms with E-state index in [9.17, 15) is 4.79 Å². The zero-order valence-electron chi connectivity index (χ0n) is 9.56. The fourth-order valence-corrected chi connectivity index (χ4v) is 1.61. The van der Waals surface area contributed by atoms with E-state index < -0.39 is 0 Å². The van der Waals surface area contributed by atoms with Crippen LogP contribution in [0.4, 0.5) is 0 Å². The van der Waals surface area contributed by atoms with Crippen molar-refractivity contribution < 1.29 is 9.47 Å². The Balaban J connectivity index is 2.68.